The zero-order valence-corrected chi connectivity index (χ0v) is 20.6. The van der Waals surface area contributed by atoms with Crippen LogP contribution in [0.3, 0.4) is 0 Å². The zero-order chi connectivity index (χ0) is 24.6. The van der Waals surface area contributed by atoms with Crippen LogP contribution in [0.1, 0.15) is 17.5 Å². The molecule has 2 aliphatic heterocycles. The van der Waals surface area contributed by atoms with E-state index in [1.165, 1.54) is 6.26 Å². The summed E-state index contributed by atoms with van der Waals surface area (Å²) in [5.74, 6) is 1.51. The van der Waals surface area contributed by atoms with E-state index in [0.29, 0.717) is 31.8 Å². The average Bonchev–Trinajstić information content (AvgIpc) is 3.25. The first-order valence-corrected chi connectivity index (χ1v) is 13.4. The lowest BCUT2D eigenvalue weighted by Crippen LogP contribution is -2.45. The molecule has 2 bridgehead atoms. The van der Waals surface area contributed by atoms with Crippen molar-refractivity contribution in [3.8, 4) is 11.5 Å². The van der Waals surface area contributed by atoms with Gasteiger partial charge in [-0.1, -0.05) is 36.4 Å². The Kier molecular flexibility index (Phi) is 6.25. The first-order chi connectivity index (χ1) is 16.8. The van der Waals surface area contributed by atoms with E-state index in [1.54, 1.807) is 19.2 Å². The van der Waals surface area contributed by atoms with Crippen LogP contribution in [0.2, 0.25) is 0 Å². The lowest BCUT2D eigenvalue weighted by molar-refractivity contribution is -0.123. The molecule has 1 amide bonds. The molecule has 0 saturated carbocycles. The summed E-state index contributed by atoms with van der Waals surface area (Å²) in [7, 11) is -1.62. The van der Waals surface area contributed by atoms with E-state index >= 15 is 0 Å². The van der Waals surface area contributed by atoms with Crippen molar-refractivity contribution in [1.29, 1.82) is 0 Å². The Morgan fingerprint density at radius 2 is 1.60 bits per heavy atom. The van der Waals surface area contributed by atoms with Gasteiger partial charge in [-0.05, 0) is 47.5 Å². The third kappa shape index (κ3) is 4.90. The van der Waals surface area contributed by atoms with Crippen molar-refractivity contribution >= 4 is 21.4 Å². The maximum atomic E-state index is 14.0. The fourth-order valence-corrected chi connectivity index (χ4v) is 5.42. The number of para-hydroxylation sites is 2. The van der Waals surface area contributed by atoms with Gasteiger partial charge in [0.05, 0.1) is 30.3 Å². The number of ether oxygens (including phenoxy) is 2. The summed E-state index contributed by atoms with van der Waals surface area (Å²) in [5.41, 5.74) is 2.71. The molecule has 182 valence electrons. The molecule has 2 heterocycles. The smallest absolute Gasteiger partial charge is 0.244 e. The van der Waals surface area contributed by atoms with Crippen molar-refractivity contribution in [2.75, 3.05) is 24.8 Å². The second-order valence-electron chi connectivity index (χ2n) is 9.08. The third-order valence-electron chi connectivity index (χ3n) is 6.60. The number of methoxy groups -OCH3 is 1. The monoisotopic (exact) mass is 492 g/mol. The number of carbonyl (C=O) groups is 1. The Morgan fingerprint density at radius 1 is 0.943 bits per heavy atom. The minimum atomic E-state index is -3.25. The van der Waals surface area contributed by atoms with Crippen LogP contribution in [0.15, 0.2) is 77.7 Å². The fraction of sp³-hybridized carbons (Fsp3) is 0.296. The summed E-state index contributed by atoms with van der Waals surface area (Å²) in [5, 5.41) is 0. The standard InChI is InChI=1S/C27H28N2O5S/c1-33-21-11-7-20(8-12-21)17-29-24-5-3-4-6-26(24)34-22-15-25(27(29)30)28(18-22)16-19-9-13-23(14-10-19)35(2,31)32/h3-14,22,25H,15-18H2,1-2H3/t22-,25-/m0/s1. The molecule has 2 aliphatic rings. The zero-order valence-electron chi connectivity index (χ0n) is 19.8. The molecule has 0 unspecified atom stereocenters. The highest BCUT2D eigenvalue weighted by atomic mass is 32.2. The molecule has 1 fully saturated rings. The van der Waals surface area contributed by atoms with Crippen LogP contribution in [0.4, 0.5) is 5.69 Å². The molecule has 1 saturated heterocycles. The van der Waals surface area contributed by atoms with Crippen molar-refractivity contribution in [2.45, 2.75) is 36.6 Å². The van der Waals surface area contributed by atoms with E-state index in [2.05, 4.69) is 4.90 Å². The highest BCUT2D eigenvalue weighted by Gasteiger charge is 2.42. The number of benzene rings is 3. The first-order valence-electron chi connectivity index (χ1n) is 11.5. The van der Waals surface area contributed by atoms with Gasteiger partial charge in [-0.2, -0.15) is 0 Å². The molecule has 0 aliphatic carbocycles. The second kappa shape index (κ2) is 9.36. The SMILES string of the molecule is COc1ccc(CN2C(=O)[C@@H]3C[C@@H](CN3Cc3ccc(S(C)(=O)=O)cc3)Oc3ccccc32)cc1. The van der Waals surface area contributed by atoms with Gasteiger partial charge >= 0.3 is 0 Å². The summed E-state index contributed by atoms with van der Waals surface area (Å²) < 4.78 is 35.3. The molecule has 8 heteroatoms. The van der Waals surface area contributed by atoms with Crippen LogP contribution in [0, 0.1) is 0 Å². The van der Waals surface area contributed by atoms with E-state index in [1.807, 2.05) is 65.6 Å². The summed E-state index contributed by atoms with van der Waals surface area (Å²) in [6.07, 6.45) is 1.71. The van der Waals surface area contributed by atoms with Crippen LogP contribution in [-0.2, 0) is 27.7 Å². The summed E-state index contributed by atoms with van der Waals surface area (Å²) >= 11 is 0. The van der Waals surface area contributed by atoms with Gasteiger partial charge < -0.3 is 14.4 Å². The minimum absolute atomic E-state index is 0.0341. The van der Waals surface area contributed by atoms with E-state index in [9.17, 15) is 13.2 Å². The van der Waals surface area contributed by atoms with E-state index < -0.39 is 9.84 Å². The van der Waals surface area contributed by atoms with E-state index in [-0.39, 0.29) is 22.9 Å². The number of carbonyl (C=O) groups excluding carboxylic acids is 1. The summed E-state index contributed by atoms with van der Waals surface area (Å²) in [6, 6.07) is 21.9. The average molecular weight is 493 g/mol. The number of nitrogens with zero attached hydrogens (tertiary/aromatic N) is 2. The fourth-order valence-electron chi connectivity index (χ4n) is 4.79. The summed E-state index contributed by atoms with van der Waals surface area (Å²) in [4.78, 5) is 18.2. The Morgan fingerprint density at radius 3 is 2.29 bits per heavy atom. The van der Waals surface area contributed by atoms with Gasteiger partial charge in [-0.3, -0.25) is 9.69 Å². The highest BCUT2D eigenvalue weighted by molar-refractivity contribution is 7.90. The third-order valence-corrected chi connectivity index (χ3v) is 7.73. The molecule has 2 atom stereocenters. The molecular formula is C27H28N2O5S. The Labute approximate surface area is 205 Å². The Balaban J connectivity index is 1.43. The molecule has 3 aromatic carbocycles. The molecule has 0 N–H and O–H groups in total. The molecule has 35 heavy (non-hydrogen) atoms. The minimum Gasteiger partial charge on any atom is -0.497 e. The molecule has 0 radical (unpaired) electrons. The Bertz CT molecular complexity index is 1320. The Hall–Kier alpha value is -3.36. The maximum absolute atomic E-state index is 14.0. The van der Waals surface area contributed by atoms with Gasteiger partial charge in [0.2, 0.25) is 5.91 Å². The van der Waals surface area contributed by atoms with E-state index in [0.717, 1.165) is 22.6 Å². The highest BCUT2D eigenvalue weighted by Crippen LogP contribution is 2.37. The largest absolute Gasteiger partial charge is 0.497 e. The van der Waals surface area contributed by atoms with Gasteiger partial charge in [0, 0.05) is 25.8 Å². The number of sulfone groups is 1. The number of hydrogen-bond acceptors (Lipinski definition) is 6. The van der Waals surface area contributed by atoms with Gasteiger partial charge in [0.15, 0.2) is 9.84 Å². The first kappa shape index (κ1) is 23.4. The van der Waals surface area contributed by atoms with Crippen LogP contribution in [0.5, 0.6) is 11.5 Å². The van der Waals surface area contributed by atoms with Gasteiger partial charge in [-0.25, -0.2) is 8.42 Å². The van der Waals surface area contributed by atoms with E-state index in [4.69, 9.17) is 9.47 Å². The number of anilines is 1. The predicted octanol–water partition coefficient (Wildman–Crippen LogP) is 3.67. The molecule has 5 rings (SSSR count). The quantitative estimate of drug-likeness (QED) is 0.523. The lowest BCUT2D eigenvalue weighted by atomic mass is 10.1. The molecular weight excluding hydrogens is 464 g/mol. The van der Waals surface area contributed by atoms with Crippen molar-refractivity contribution in [1.82, 2.24) is 4.90 Å². The van der Waals surface area contributed by atoms with Crippen molar-refractivity contribution in [3.63, 3.8) is 0 Å². The predicted molar refractivity (Wildman–Crippen MR) is 133 cm³/mol. The number of amides is 1. The summed E-state index contributed by atoms with van der Waals surface area (Å²) in [6.45, 7) is 1.57. The van der Waals surface area contributed by atoms with Crippen LogP contribution < -0.4 is 14.4 Å². The normalized spacial score (nSPS) is 20.1. The van der Waals surface area contributed by atoms with Crippen LogP contribution in [0.25, 0.3) is 0 Å². The van der Waals surface area contributed by atoms with Crippen molar-refractivity contribution in [3.05, 3.63) is 83.9 Å². The number of rotatable bonds is 6. The van der Waals surface area contributed by atoms with Crippen LogP contribution in [-0.4, -0.2) is 51.3 Å². The number of fused-ring (bicyclic) bond motifs is 3. The van der Waals surface area contributed by atoms with Gasteiger partial charge in [0.1, 0.15) is 17.6 Å². The van der Waals surface area contributed by atoms with Gasteiger partial charge in [0.25, 0.3) is 0 Å². The van der Waals surface area contributed by atoms with Crippen molar-refractivity contribution < 1.29 is 22.7 Å². The second-order valence-corrected chi connectivity index (χ2v) is 11.1. The lowest BCUT2D eigenvalue weighted by Gasteiger charge is -2.32. The number of hydrogen-bond donors (Lipinski definition) is 0. The molecule has 3 aromatic rings. The molecule has 0 spiro atoms. The topological polar surface area (TPSA) is 76.2 Å². The van der Waals surface area contributed by atoms with Crippen molar-refractivity contribution in [2.24, 2.45) is 0 Å². The maximum Gasteiger partial charge on any atom is 0.244 e. The van der Waals surface area contributed by atoms with Crippen LogP contribution >= 0.6 is 0 Å². The molecule has 7 nitrogen and oxygen atoms in total. The molecule has 0 aromatic heterocycles. The van der Waals surface area contributed by atoms with Gasteiger partial charge in [-0.15, -0.1) is 0 Å². The number of likely N-dealkylation sites (tertiary alicyclic amines) is 1.